The maximum absolute atomic E-state index is 13.5. The third-order valence-corrected chi connectivity index (χ3v) is 21.3. The molecule has 0 unspecified atom stereocenters. The average molecular weight is 1620 g/mol. The molecule has 3 aliphatic rings. The molecule has 1 N–H and O–H groups in total. The molecule has 0 aliphatic carbocycles. The van der Waals surface area contributed by atoms with E-state index < -0.39 is 20.0 Å². The van der Waals surface area contributed by atoms with Gasteiger partial charge in [0, 0.05) is 155 Å². The zero-order chi connectivity index (χ0) is 68.7. The van der Waals surface area contributed by atoms with Crippen molar-refractivity contribution in [2.45, 2.75) is 77.4 Å². The Bertz CT molecular complexity index is 5360. The number of anilines is 3. The van der Waals surface area contributed by atoms with Crippen LogP contribution in [0, 0.1) is 21.3 Å². The topological polar surface area (TPSA) is 283 Å². The summed E-state index contributed by atoms with van der Waals surface area (Å²) < 4.78 is 76.3. The van der Waals surface area contributed by atoms with Crippen molar-refractivity contribution in [3.63, 3.8) is 0 Å². The van der Waals surface area contributed by atoms with Crippen molar-refractivity contribution in [1.82, 2.24) is 77.3 Å². The van der Waals surface area contributed by atoms with Gasteiger partial charge in [-0.3, -0.25) is 9.36 Å². The summed E-state index contributed by atoms with van der Waals surface area (Å²) in [5.41, 5.74) is 9.09. The minimum absolute atomic E-state index is 0. The Morgan fingerprint density at radius 2 is 0.864 bits per heavy atom. The van der Waals surface area contributed by atoms with E-state index in [9.17, 15) is 16.8 Å². The first-order valence-corrected chi connectivity index (χ1v) is 35.5. The molecule has 2 aromatic carbocycles. The Morgan fingerprint density at radius 1 is 0.476 bits per heavy atom. The van der Waals surface area contributed by atoms with Gasteiger partial charge in [-0.15, -0.1) is 0 Å². The summed E-state index contributed by atoms with van der Waals surface area (Å²) in [4.78, 5) is 52.2. The van der Waals surface area contributed by atoms with Crippen molar-refractivity contribution in [2.24, 2.45) is 14.1 Å². The van der Waals surface area contributed by atoms with Gasteiger partial charge in [-0.1, -0.05) is 61.8 Å². The van der Waals surface area contributed by atoms with E-state index in [0.717, 1.165) is 68.7 Å². The standard InChI is InChI=1S/C27H27N7O3S.C23H22ClN5O3S.C20H21N7O.2CH4.CH3.W/c1-18-4-6-20(7-5-18)38(35,36)34-13-10-22-21(8-11-28-27(22)34)26-30-23(24-9-12-29-32(24)3)16-25(31-26)33-14-15-37-17-19(33)2;1-15-3-5-17(6-4-15)33(30,31)29-10-8-19-18(7-9-25-23(19)29)22-26-20(24)13-21(27-22)28-11-12-32-14-16(28)2;1-13-12-28-10-9-27(13)18-11-16(17-5-8-23-26(17)2)24-20(25-18)15-4-7-22-19-14(15)3-6-21-19;;;;/h4-13,16,19H,14-15,17H2,1-3H3;3-10,13,16H,11-12,14H2,1-2H3;3-8,11,13H,9-10,12H2,1-2H3,(H,21,22);2*1H4;1H3;/q;;;;;-1;/t19-;16-;13-;;;;/m111..../s1. The van der Waals surface area contributed by atoms with Gasteiger partial charge in [0.25, 0.3) is 20.0 Å². The van der Waals surface area contributed by atoms with Crippen LogP contribution < -0.4 is 14.7 Å². The molecule has 0 saturated carbocycles. The first-order valence-electron chi connectivity index (χ1n) is 32.2. The molecule has 3 fully saturated rings. The monoisotopic (exact) mass is 1620 g/mol. The maximum atomic E-state index is 13.5. The SMILES string of the molecule is C.C.C[C@@H]1COCCN1c1cc(-c2ccnn2C)nc(-c2ccnc3[nH]ccc23)n1.Cc1ccc(S(=O)(=O)n2ccc3c(-c4nc(-c5ccnn5C)cc(N5CCOC[C@H]5C)n4)ccnc32)cc1.Cc1ccc(S(=O)(=O)n2ccc3c(-c4nc(Cl)cc(N5CCOC[C@H]5C)n4)ccnc32)cc1.[CH3-].[W]. The van der Waals surface area contributed by atoms with Crippen LogP contribution >= 0.6 is 11.6 Å². The molecule has 103 heavy (non-hydrogen) atoms. The zero-order valence-corrected chi connectivity index (χ0v) is 62.0. The van der Waals surface area contributed by atoms with Crippen molar-refractivity contribution in [3.8, 4) is 56.9 Å². The molecule has 536 valence electrons. The van der Waals surface area contributed by atoms with E-state index in [1.165, 1.54) is 20.3 Å². The number of ether oxygens (including phenoxy) is 3. The average Bonchev–Trinajstić information content (AvgIpc) is 1.65. The quantitative estimate of drug-likeness (QED) is 0.0878. The molecule has 14 heterocycles. The van der Waals surface area contributed by atoms with E-state index in [0.29, 0.717) is 114 Å². The molecular formula is C73H81ClN19O7S2W-. The van der Waals surface area contributed by atoms with Crippen molar-refractivity contribution in [2.75, 3.05) is 74.0 Å². The Kier molecular flexibility index (Phi) is 23.5. The van der Waals surface area contributed by atoms with Gasteiger partial charge in [-0.05, 0) is 107 Å². The Balaban J connectivity index is 0.000000165. The van der Waals surface area contributed by atoms with Crippen LogP contribution in [0.25, 0.3) is 90.0 Å². The third-order valence-electron chi connectivity index (χ3n) is 17.7. The fourth-order valence-corrected chi connectivity index (χ4v) is 15.2. The van der Waals surface area contributed by atoms with Crippen LogP contribution in [-0.2, 0) is 69.4 Å². The van der Waals surface area contributed by atoms with Gasteiger partial charge in [0.05, 0.1) is 90.3 Å². The summed E-state index contributed by atoms with van der Waals surface area (Å²) in [5, 5.41) is 11.2. The van der Waals surface area contributed by atoms with E-state index in [1.54, 1.807) is 108 Å². The predicted octanol–water partition coefficient (Wildman–Crippen LogP) is 11.9. The van der Waals surface area contributed by atoms with Gasteiger partial charge in [0.2, 0.25) is 0 Å². The van der Waals surface area contributed by atoms with E-state index in [1.807, 2.05) is 81.3 Å². The van der Waals surface area contributed by atoms with Crippen LogP contribution in [0.1, 0.15) is 46.8 Å². The third kappa shape index (κ3) is 15.4. The predicted molar refractivity (Wildman–Crippen MR) is 398 cm³/mol. The maximum Gasteiger partial charge on any atom is 0.269 e. The number of fused-ring (bicyclic) bond motifs is 3. The summed E-state index contributed by atoms with van der Waals surface area (Å²) in [7, 11) is -3.86. The zero-order valence-electron chi connectivity index (χ0n) is 56.7. The molecule has 30 heteroatoms. The van der Waals surface area contributed by atoms with Gasteiger partial charge in [0.15, 0.2) is 28.8 Å². The Morgan fingerprint density at radius 3 is 1.26 bits per heavy atom. The van der Waals surface area contributed by atoms with Gasteiger partial charge in [-0.2, -0.15) is 10.2 Å². The second-order valence-corrected chi connectivity index (χ2v) is 28.4. The molecule has 16 rings (SSSR count). The number of rotatable bonds is 12. The van der Waals surface area contributed by atoms with Crippen LogP contribution in [0.4, 0.5) is 17.5 Å². The molecule has 3 saturated heterocycles. The first kappa shape index (κ1) is 76.0. The minimum Gasteiger partial charge on any atom is -0.377 e. The molecule has 0 radical (unpaired) electrons. The molecule has 13 aromatic rings. The number of hydrogen-bond donors (Lipinski definition) is 1. The molecule has 0 amide bonds. The van der Waals surface area contributed by atoms with Crippen molar-refractivity contribution in [3.05, 3.63) is 189 Å². The van der Waals surface area contributed by atoms with Gasteiger partial charge < -0.3 is 41.3 Å². The Labute approximate surface area is 618 Å². The molecule has 3 atom stereocenters. The Hall–Kier alpha value is -9.67. The van der Waals surface area contributed by atoms with E-state index >= 15 is 0 Å². The number of aromatic amines is 1. The number of aryl methyl sites for hydroxylation is 4. The van der Waals surface area contributed by atoms with E-state index in [4.69, 9.17) is 50.7 Å². The van der Waals surface area contributed by atoms with Gasteiger partial charge in [-0.25, -0.2) is 69.6 Å². The van der Waals surface area contributed by atoms with Crippen LogP contribution in [0.3, 0.4) is 0 Å². The smallest absolute Gasteiger partial charge is 0.269 e. The second-order valence-electron chi connectivity index (χ2n) is 24.4. The summed E-state index contributed by atoms with van der Waals surface area (Å²) in [6.07, 6.45) is 13.4. The number of morpholine rings is 3. The molecule has 3 aliphatic heterocycles. The molecule has 11 aromatic heterocycles. The summed E-state index contributed by atoms with van der Waals surface area (Å²) in [5.74, 6) is 3.96. The number of benzene rings is 2. The van der Waals surface area contributed by atoms with Crippen molar-refractivity contribution in [1.29, 1.82) is 0 Å². The summed E-state index contributed by atoms with van der Waals surface area (Å²) in [6.45, 7) is 16.2. The van der Waals surface area contributed by atoms with Crippen LogP contribution in [-0.4, -0.2) is 172 Å². The largest absolute Gasteiger partial charge is 0.377 e. The number of nitrogens with zero attached hydrogens (tertiary/aromatic N) is 18. The minimum atomic E-state index is -3.84. The number of halogens is 1. The fourth-order valence-electron chi connectivity index (χ4n) is 12.4. The van der Waals surface area contributed by atoms with E-state index in [-0.39, 0.29) is 71.3 Å². The van der Waals surface area contributed by atoms with E-state index in [2.05, 4.69) is 70.6 Å². The molecule has 0 spiro atoms. The number of pyridine rings is 3. The van der Waals surface area contributed by atoms with Gasteiger partial charge in [0.1, 0.15) is 28.3 Å². The van der Waals surface area contributed by atoms with Crippen molar-refractivity contribution >= 4 is 82.2 Å². The summed E-state index contributed by atoms with van der Waals surface area (Å²) in [6, 6.07) is 34.7. The van der Waals surface area contributed by atoms with Crippen LogP contribution in [0.5, 0.6) is 0 Å². The van der Waals surface area contributed by atoms with Crippen molar-refractivity contribution < 1.29 is 52.1 Å². The number of H-pyrrole nitrogens is 1. The summed E-state index contributed by atoms with van der Waals surface area (Å²) >= 11 is 6.36. The number of hydrogen-bond acceptors (Lipinski definition) is 21. The number of aromatic nitrogens is 16. The normalized spacial score (nSPS) is 16.2. The molecular weight excluding hydrogens is 1540 g/mol. The van der Waals surface area contributed by atoms with Gasteiger partial charge >= 0.3 is 0 Å². The second kappa shape index (κ2) is 31.9. The first-order chi connectivity index (χ1) is 47.9. The fraction of sp³-hybridized carbons (Fsp3) is 0.288. The molecule has 26 nitrogen and oxygen atoms in total. The molecule has 0 bridgehead atoms. The van der Waals surface area contributed by atoms with Crippen LogP contribution in [0.2, 0.25) is 5.15 Å². The number of nitrogens with one attached hydrogen (secondary N) is 1. The van der Waals surface area contributed by atoms with Crippen LogP contribution in [0.15, 0.2) is 175 Å².